The first-order valence-electron chi connectivity index (χ1n) is 12.5. The van der Waals surface area contributed by atoms with Crippen molar-refractivity contribution in [2.45, 2.75) is 50.3 Å². The van der Waals surface area contributed by atoms with E-state index in [0.29, 0.717) is 0 Å². The first-order chi connectivity index (χ1) is 19.1. The molecule has 0 bridgehead atoms. The van der Waals surface area contributed by atoms with E-state index < -0.39 is 52.3 Å². The van der Waals surface area contributed by atoms with Gasteiger partial charge in [-0.25, -0.2) is 9.18 Å². The number of primary amides is 1. The molecule has 11 nitrogen and oxygen atoms in total. The molecule has 1 aliphatic heterocycles. The summed E-state index contributed by atoms with van der Waals surface area (Å²) in [5.74, 6) is -1.62. The Morgan fingerprint density at radius 1 is 1.20 bits per heavy atom. The van der Waals surface area contributed by atoms with Crippen LogP contribution in [0.25, 0.3) is 11.3 Å². The van der Waals surface area contributed by atoms with E-state index in [2.05, 4.69) is 5.10 Å². The monoisotopic (exact) mass is 608 g/mol. The quantitative estimate of drug-likeness (QED) is 0.386. The molecule has 14 heteroatoms. The lowest BCUT2D eigenvalue weighted by Crippen LogP contribution is -2.58. The predicted molar refractivity (Wildman–Crippen MR) is 147 cm³/mol. The summed E-state index contributed by atoms with van der Waals surface area (Å²) in [6, 6.07) is 9.65. The summed E-state index contributed by atoms with van der Waals surface area (Å²) in [6.45, 7) is 4.86. The lowest BCUT2D eigenvalue weighted by Gasteiger charge is -2.42. The Morgan fingerprint density at radius 3 is 2.41 bits per heavy atom. The molecule has 2 heterocycles. The molecule has 0 saturated heterocycles. The van der Waals surface area contributed by atoms with Crippen molar-refractivity contribution in [3.05, 3.63) is 70.1 Å². The molecule has 2 aromatic carbocycles. The smallest absolute Gasteiger partial charge is 0.410 e. The van der Waals surface area contributed by atoms with Gasteiger partial charge in [-0.1, -0.05) is 29.3 Å². The Hall–Kier alpha value is -3.52. The summed E-state index contributed by atoms with van der Waals surface area (Å²) in [4.78, 5) is 27.0. The number of hydrogen-bond donors (Lipinski definition) is 2. The normalized spacial score (nSPS) is 17.3. The number of aromatic nitrogens is 2. The zero-order valence-corrected chi connectivity index (χ0v) is 24.4. The number of nitrogens with two attached hydrogens (primary N) is 1. The van der Waals surface area contributed by atoms with Gasteiger partial charge in [-0.3, -0.25) is 18.6 Å². The second-order valence-corrected chi connectivity index (χ2v) is 12.8. The number of ether oxygens (including phenoxy) is 1. The second kappa shape index (κ2) is 11.0. The molecule has 3 aromatic rings. The molecule has 41 heavy (non-hydrogen) atoms. The van der Waals surface area contributed by atoms with Crippen LogP contribution in [0.4, 0.5) is 9.18 Å². The van der Waals surface area contributed by atoms with Crippen LogP contribution in [0, 0.1) is 12.7 Å². The molecule has 0 saturated carbocycles. The van der Waals surface area contributed by atoms with E-state index in [-0.39, 0.29) is 45.5 Å². The molecule has 0 radical (unpaired) electrons. The van der Waals surface area contributed by atoms with E-state index in [0.717, 1.165) is 11.6 Å². The summed E-state index contributed by atoms with van der Waals surface area (Å²) in [7, 11) is -4.31. The molecule has 1 aromatic heterocycles. The molecule has 1 unspecified atom stereocenters. The van der Waals surface area contributed by atoms with Crippen LogP contribution >= 0.6 is 11.6 Å². The number of carbonyl (C=O) groups excluding carboxylic acids is 2. The van der Waals surface area contributed by atoms with Crippen molar-refractivity contribution < 1.29 is 36.4 Å². The molecule has 0 fully saturated rings. The third-order valence-corrected chi connectivity index (χ3v) is 8.00. The van der Waals surface area contributed by atoms with Crippen LogP contribution in [-0.4, -0.2) is 65.6 Å². The number of rotatable bonds is 7. The Bertz CT molecular complexity index is 1600. The third-order valence-electron chi connectivity index (χ3n) is 6.43. The molecule has 1 aliphatic rings. The standard InChI is InChI=1S/C27H30ClFN4O7S/c1-16-5-8-18(9-6-16)41(37,38)39-15-27(14-34)13-32(25(36)40-26(2,3)4)12-21-22(24(30)35)23(31-33(21)27)17-7-10-20(29)19(28)11-17/h5-11,34H,12-15H2,1-4H3,(H2,30,35). The number of aryl methyl sites for hydroxylation is 1. The van der Waals surface area contributed by atoms with Gasteiger partial charge in [0.2, 0.25) is 0 Å². The van der Waals surface area contributed by atoms with E-state index in [1.54, 1.807) is 39.8 Å². The number of fused-ring (bicyclic) bond motifs is 1. The highest BCUT2D eigenvalue weighted by molar-refractivity contribution is 7.86. The van der Waals surface area contributed by atoms with Gasteiger partial charge in [0.25, 0.3) is 16.0 Å². The largest absolute Gasteiger partial charge is 0.444 e. The molecule has 3 N–H and O–H groups in total. The Kier molecular flexibility index (Phi) is 8.20. The van der Waals surface area contributed by atoms with Crippen molar-refractivity contribution in [2.75, 3.05) is 19.8 Å². The summed E-state index contributed by atoms with van der Waals surface area (Å²) >= 11 is 5.98. The van der Waals surface area contributed by atoms with Gasteiger partial charge in [0.1, 0.15) is 22.7 Å². The maximum Gasteiger partial charge on any atom is 0.410 e. The van der Waals surface area contributed by atoms with Gasteiger partial charge in [-0.2, -0.15) is 13.5 Å². The third kappa shape index (κ3) is 6.22. The Labute approximate surface area is 241 Å². The number of aliphatic hydroxyl groups excluding tert-OH is 1. The van der Waals surface area contributed by atoms with Crippen molar-refractivity contribution in [1.82, 2.24) is 14.7 Å². The van der Waals surface area contributed by atoms with E-state index in [4.69, 9.17) is 26.3 Å². The number of hydrogen-bond acceptors (Lipinski definition) is 8. The summed E-state index contributed by atoms with van der Waals surface area (Å²) < 4.78 is 52.2. The van der Waals surface area contributed by atoms with Crippen LogP contribution in [0.15, 0.2) is 47.4 Å². The van der Waals surface area contributed by atoms with E-state index >= 15 is 0 Å². The number of benzene rings is 2. The number of amides is 2. The molecule has 220 valence electrons. The molecule has 2 amide bonds. The van der Waals surface area contributed by atoms with Crippen LogP contribution < -0.4 is 5.73 Å². The topological polar surface area (TPSA) is 154 Å². The van der Waals surface area contributed by atoms with Crippen LogP contribution in [0.1, 0.15) is 42.4 Å². The highest BCUT2D eigenvalue weighted by Gasteiger charge is 2.46. The van der Waals surface area contributed by atoms with Gasteiger partial charge in [0.15, 0.2) is 0 Å². The van der Waals surface area contributed by atoms with Crippen LogP contribution in [0.5, 0.6) is 0 Å². The van der Waals surface area contributed by atoms with Crippen molar-refractivity contribution >= 4 is 33.7 Å². The van der Waals surface area contributed by atoms with Crippen LogP contribution in [0.2, 0.25) is 5.02 Å². The number of carbonyl (C=O) groups is 2. The first-order valence-corrected chi connectivity index (χ1v) is 14.3. The second-order valence-electron chi connectivity index (χ2n) is 10.8. The summed E-state index contributed by atoms with van der Waals surface area (Å²) in [5.41, 5.74) is 4.20. The van der Waals surface area contributed by atoms with Gasteiger partial charge < -0.3 is 15.6 Å². The molecule has 0 aliphatic carbocycles. The van der Waals surface area contributed by atoms with E-state index in [1.165, 1.54) is 33.8 Å². The van der Waals surface area contributed by atoms with Crippen LogP contribution in [0.3, 0.4) is 0 Å². The number of aliphatic hydroxyl groups is 1. The van der Waals surface area contributed by atoms with Gasteiger partial charge in [0.05, 0.1) is 47.5 Å². The lowest BCUT2D eigenvalue weighted by atomic mass is 9.96. The predicted octanol–water partition coefficient (Wildman–Crippen LogP) is 3.59. The molecule has 0 spiro atoms. The van der Waals surface area contributed by atoms with E-state index in [1.807, 2.05) is 0 Å². The molecule has 1 atom stereocenters. The van der Waals surface area contributed by atoms with Crippen molar-refractivity contribution in [3.63, 3.8) is 0 Å². The summed E-state index contributed by atoms with van der Waals surface area (Å²) in [5, 5.41) is 15.0. The molecule has 4 rings (SSSR count). The molecular weight excluding hydrogens is 579 g/mol. The van der Waals surface area contributed by atoms with Crippen molar-refractivity contribution in [2.24, 2.45) is 5.73 Å². The van der Waals surface area contributed by atoms with Crippen molar-refractivity contribution in [1.29, 1.82) is 0 Å². The van der Waals surface area contributed by atoms with Crippen LogP contribution in [-0.2, 0) is 31.1 Å². The Morgan fingerprint density at radius 2 is 1.85 bits per heavy atom. The van der Waals surface area contributed by atoms with Gasteiger partial charge in [0, 0.05) is 5.56 Å². The lowest BCUT2D eigenvalue weighted by molar-refractivity contribution is -0.0182. The zero-order valence-electron chi connectivity index (χ0n) is 22.8. The number of halogens is 2. The highest BCUT2D eigenvalue weighted by Crippen LogP contribution is 2.36. The zero-order chi connectivity index (χ0) is 30.3. The first kappa shape index (κ1) is 30.4. The van der Waals surface area contributed by atoms with Gasteiger partial charge in [-0.15, -0.1) is 0 Å². The average molecular weight is 609 g/mol. The highest BCUT2D eigenvalue weighted by atomic mass is 35.5. The van der Waals surface area contributed by atoms with Crippen molar-refractivity contribution in [3.8, 4) is 11.3 Å². The fraction of sp³-hybridized carbons (Fsp3) is 0.370. The fourth-order valence-corrected chi connectivity index (χ4v) is 5.60. The minimum absolute atomic E-state index is 0.000319. The maximum atomic E-state index is 13.9. The van der Waals surface area contributed by atoms with Gasteiger partial charge >= 0.3 is 6.09 Å². The SMILES string of the molecule is Cc1ccc(S(=O)(=O)OCC2(CO)CN(C(=O)OC(C)(C)C)Cc3c(C(N)=O)c(-c4ccc(F)c(Cl)c4)nn32)cc1. The Balaban J connectivity index is 1.86. The minimum atomic E-state index is -4.31. The number of nitrogens with zero attached hydrogens (tertiary/aromatic N) is 3. The average Bonchev–Trinajstić information content (AvgIpc) is 3.28. The minimum Gasteiger partial charge on any atom is -0.444 e. The molecular formula is C27H30ClFN4O7S. The van der Waals surface area contributed by atoms with Gasteiger partial charge in [-0.05, 0) is 58.0 Å². The van der Waals surface area contributed by atoms with E-state index in [9.17, 15) is 27.5 Å². The summed E-state index contributed by atoms with van der Waals surface area (Å²) in [6.07, 6.45) is -0.786. The fourth-order valence-electron chi connectivity index (χ4n) is 4.44. The maximum absolute atomic E-state index is 13.9.